The highest BCUT2D eigenvalue weighted by atomic mass is 35.5. The maximum Gasteiger partial charge on any atom is 0.345 e. The molecular weight excluding hydrogens is 379 g/mol. The summed E-state index contributed by atoms with van der Waals surface area (Å²) in [5.41, 5.74) is 1.72. The third-order valence-electron chi connectivity index (χ3n) is 3.82. The number of H-pyrrole nitrogens is 1. The van der Waals surface area contributed by atoms with Crippen molar-refractivity contribution in [3.63, 3.8) is 0 Å². The van der Waals surface area contributed by atoms with Crippen LogP contribution in [-0.4, -0.2) is 9.55 Å². The Morgan fingerprint density at radius 2 is 1.88 bits per heavy atom. The van der Waals surface area contributed by atoms with Crippen LogP contribution in [0.4, 0.5) is 0 Å². The van der Waals surface area contributed by atoms with E-state index >= 15 is 0 Å². The molecule has 0 saturated carbocycles. The van der Waals surface area contributed by atoms with Crippen molar-refractivity contribution in [3.05, 3.63) is 80.0 Å². The Bertz CT molecular complexity index is 1220. The van der Waals surface area contributed by atoms with Crippen LogP contribution in [0, 0.1) is 4.77 Å². The number of fused-ring (bicyclic) bond motifs is 1. The highest BCUT2D eigenvalue weighted by molar-refractivity contribution is 7.71. The van der Waals surface area contributed by atoms with Gasteiger partial charge in [0.05, 0.1) is 22.0 Å². The van der Waals surface area contributed by atoms with E-state index in [1.54, 1.807) is 41.1 Å². The lowest BCUT2D eigenvalue weighted by Crippen LogP contribution is -2.02. The third-order valence-corrected chi connectivity index (χ3v) is 4.66. The van der Waals surface area contributed by atoms with Crippen molar-refractivity contribution in [2.75, 3.05) is 0 Å². The van der Waals surface area contributed by atoms with E-state index in [1.807, 2.05) is 18.2 Å². The summed E-state index contributed by atoms with van der Waals surface area (Å²) in [6.07, 6.45) is 1.72. The van der Waals surface area contributed by atoms with Gasteiger partial charge in [0.2, 0.25) is 0 Å². The van der Waals surface area contributed by atoms with Crippen LogP contribution in [0.5, 0.6) is 0 Å². The van der Waals surface area contributed by atoms with Gasteiger partial charge in [0.15, 0.2) is 4.77 Å². The van der Waals surface area contributed by atoms with Crippen molar-refractivity contribution in [2.24, 2.45) is 0 Å². The Balaban J connectivity index is 1.90. The van der Waals surface area contributed by atoms with Crippen LogP contribution in [0.3, 0.4) is 0 Å². The molecule has 2 aromatic carbocycles. The number of rotatable bonds is 2. The van der Waals surface area contributed by atoms with Crippen molar-refractivity contribution in [1.29, 1.82) is 0 Å². The van der Waals surface area contributed by atoms with Crippen molar-refractivity contribution in [1.82, 2.24) is 9.55 Å². The van der Waals surface area contributed by atoms with Gasteiger partial charge in [0.25, 0.3) is 0 Å². The molecule has 25 heavy (non-hydrogen) atoms. The van der Waals surface area contributed by atoms with Crippen LogP contribution in [0.15, 0.2) is 63.9 Å². The normalized spacial score (nSPS) is 11.1. The van der Waals surface area contributed by atoms with Gasteiger partial charge in [-0.3, -0.25) is 4.57 Å². The average Bonchev–Trinajstić information content (AvgIpc) is 2.95. The minimum atomic E-state index is -0.440. The van der Waals surface area contributed by atoms with Gasteiger partial charge in [-0.2, -0.15) is 0 Å². The standard InChI is InChI=1S/C18H10Cl2N2O2S/c19-11-5-6-15(13(20)8-11)22-9-14(21-18(22)25)12-7-10-3-1-2-4-16(10)24-17(12)23/h1-9H,(H,21,25). The summed E-state index contributed by atoms with van der Waals surface area (Å²) in [7, 11) is 0. The molecule has 1 N–H and O–H groups in total. The monoisotopic (exact) mass is 388 g/mol. The van der Waals surface area contributed by atoms with Gasteiger partial charge in [0.1, 0.15) is 5.58 Å². The third kappa shape index (κ3) is 2.91. The van der Waals surface area contributed by atoms with E-state index in [9.17, 15) is 4.79 Å². The average molecular weight is 389 g/mol. The maximum atomic E-state index is 12.3. The van der Waals surface area contributed by atoms with E-state index in [2.05, 4.69) is 4.98 Å². The number of benzene rings is 2. The fraction of sp³-hybridized carbons (Fsp3) is 0. The number of imidazole rings is 1. The highest BCUT2D eigenvalue weighted by Crippen LogP contribution is 2.27. The number of nitrogens with zero attached hydrogens (tertiary/aromatic N) is 1. The molecule has 2 heterocycles. The fourth-order valence-electron chi connectivity index (χ4n) is 2.64. The lowest BCUT2D eigenvalue weighted by molar-refractivity contribution is 0.563. The lowest BCUT2D eigenvalue weighted by atomic mass is 10.1. The molecule has 0 atom stereocenters. The number of para-hydroxylation sites is 1. The second kappa shape index (κ2) is 6.19. The van der Waals surface area contributed by atoms with Crippen molar-refractivity contribution in [2.45, 2.75) is 0 Å². The van der Waals surface area contributed by atoms with E-state index < -0.39 is 5.63 Å². The summed E-state index contributed by atoms with van der Waals surface area (Å²) in [5.74, 6) is 0. The quantitative estimate of drug-likeness (QED) is 0.358. The predicted octanol–water partition coefficient (Wildman–Crippen LogP) is 5.62. The first kappa shape index (κ1) is 16.1. The van der Waals surface area contributed by atoms with Crippen LogP contribution >= 0.6 is 35.4 Å². The van der Waals surface area contributed by atoms with E-state index in [4.69, 9.17) is 39.8 Å². The molecule has 0 aliphatic carbocycles. The van der Waals surface area contributed by atoms with E-state index in [0.717, 1.165) is 5.39 Å². The summed E-state index contributed by atoms with van der Waals surface area (Å²) in [4.78, 5) is 15.4. The summed E-state index contributed by atoms with van der Waals surface area (Å²) >= 11 is 17.6. The van der Waals surface area contributed by atoms with Crippen molar-refractivity contribution >= 4 is 46.4 Å². The first-order valence-electron chi connectivity index (χ1n) is 7.33. The zero-order chi connectivity index (χ0) is 17.6. The number of aromatic amines is 1. The Morgan fingerprint density at radius 1 is 1.08 bits per heavy atom. The van der Waals surface area contributed by atoms with Gasteiger partial charge in [-0.25, -0.2) is 4.79 Å². The Hall–Kier alpha value is -2.34. The molecule has 0 amide bonds. The Morgan fingerprint density at radius 3 is 2.68 bits per heavy atom. The Labute approximate surface area is 157 Å². The molecule has 0 fully saturated rings. The molecule has 4 aromatic rings. The van der Waals surface area contributed by atoms with E-state index in [1.165, 1.54) is 0 Å². The Kier molecular flexibility index (Phi) is 4.00. The highest BCUT2D eigenvalue weighted by Gasteiger charge is 2.13. The molecule has 0 bridgehead atoms. The second-order valence-electron chi connectivity index (χ2n) is 5.42. The van der Waals surface area contributed by atoms with Crippen LogP contribution < -0.4 is 5.63 Å². The van der Waals surface area contributed by atoms with Crippen molar-refractivity contribution < 1.29 is 4.42 Å². The molecule has 0 unspecified atom stereocenters. The molecule has 0 spiro atoms. The number of halogens is 2. The molecular formula is C18H10Cl2N2O2S. The van der Waals surface area contributed by atoms with Gasteiger partial charge in [-0.15, -0.1) is 0 Å². The van der Waals surface area contributed by atoms with Crippen LogP contribution in [0.1, 0.15) is 0 Å². The zero-order valence-electron chi connectivity index (χ0n) is 12.6. The largest absolute Gasteiger partial charge is 0.422 e. The molecule has 2 aromatic heterocycles. The molecule has 4 nitrogen and oxygen atoms in total. The molecule has 4 rings (SSSR count). The maximum absolute atomic E-state index is 12.3. The minimum absolute atomic E-state index is 0.397. The number of nitrogens with one attached hydrogen (secondary N) is 1. The SMILES string of the molecule is O=c1oc2ccccc2cc1-c1cn(-c2ccc(Cl)cc2Cl)c(=S)[nH]1. The van der Waals surface area contributed by atoms with Gasteiger partial charge in [-0.1, -0.05) is 41.4 Å². The predicted molar refractivity (Wildman–Crippen MR) is 102 cm³/mol. The topological polar surface area (TPSA) is 50.9 Å². The molecule has 0 saturated heterocycles. The van der Waals surface area contributed by atoms with Crippen molar-refractivity contribution in [3.8, 4) is 16.9 Å². The molecule has 0 aliphatic heterocycles. The summed E-state index contributed by atoms with van der Waals surface area (Å²) < 4.78 is 7.48. The van der Waals surface area contributed by atoms with Gasteiger partial charge in [0, 0.05) is 16.6 Å². The lowest BCUT2D eigenvalue weighted by Gasteiger charge is -2.05. The first-order chi connectivity index (χ1) is 12.0. The number of aromatic nitrogens is 2. The van der Waals surface area contributed by atoms with E-state index in [-0.39, 0.29) is 0 Å². The number of hydrogen-bond donors (Lipinski definition) is 1. The van der Waals surface area contributed by atoms with Crippen LogP contribution in [0.25, 0.3) is 27.9 Å². The van der Waals surface area contributed by atoms with E-state index in [0.29, 0.717) is 37.3 Å². The minimum Gasteiger partial charge on any atom is -0.422 e. The zero-order valence-corrected chi connectivity index (χ0v) is 15.0. The molecule has 0 aliphatic rings. The van der Waals surface area contributed by atoms with Gasteiger partial charge < -0.3 is 9.40 Å². The van der Waals surface area contributed by atoms with Crippen LogP contribution in [0.2, 0.25) is 10.0 Å². The summed E-state index contributed by atoms with van der Waals surface area (Å²) in [5, 5.41) is 1.82. The molecule has 124 valence electrons. The molecule has 0 radical (unpaired) electrons. The first-order valence-corrected chi connectivity index (χ1v) is 8.50. The van der Waals surface area contributed by atoms with Gasteiger partial charge in [-0.05, 0) is 42.5 Å². The summed E-state index contributed by atoms with van der Waals surface area (Å²) in [6.45, 7) is 0. The van der Waals surface area contributed by atoms with Gasteiger partial charge >= 0.3 is 5.63 Å². The second-order valence-corrected chi connectivity index (χ2v) is 6.65. The molecule has 7 heteroatoms. The summed E-state index contributed by atoms with van der Waals surface area (Å²) in [6, 6.07) is 14.2. The number of hydrogen-bond acceptors (Lipinski definition) is 3. The van der Waals surface area contributed by atoms with Crippen LogP contribution in [-0.2, 0) is 0 Å². The smallest absolute Gasteiger partial charge is 0.345 e. The fourth-order valence-corrected chi connectivity index (χ4v) is 3.40.